The fourth-order valence-electron chi connectivity index (χ4n) is 2.73. The zero-order valence-electron chi connectivity index (χ0n) is 9.68. The first-order valence-electron chi connectivity index (χ1n) is 5.86. The van der Waals surface area contributed by atoms with Crippen LogP contribution in [0.5, 0.6) is 0 Å². The van der Waals surface area contributed by atoms with Crippen molar-refractivity contribution in [3.63, 3.8) is 0 Å². The van der Waals surface area contributed by atoms with Gasteiger partial charge in [0.2, 0.25) is 0 Å². The van der Waals surface area contributed by atoms with Crippen molar-refractivity contribution in [1.82, 2.24) is 0 Å². The Kier molecular flexibility index (Phi) is 3.71. The molecule has 0 spiro atoms. The lowest BCUT2D eigenvalue weighted by Crippen LogP contribution is -2.39. The molecule has 0 radical (unpaired) electrons. The molecule has 0 heterocycles. The van der Waals surface area contributed by atoms with Crippen LogP contribution in [0.1, 0.15) is 37.7 Å². The van der Waals surface area contributed by atoms with E-state index in [1.807, 2.05) is 0 Å². The maximum absolute atomic E-state index is 14.0. The fourth-order valence-corrected chi connectivity index (χ4v) is 3.13. The first kappa shape index (κ1) is 13.5. The van der Waals surface area contributed by atoms with Crippen LogP contribution in [0.2, 0.25) is 0 Å². The molecule has 1 aromatic rings. The van der Waals surface area contributed by atoms with Gasteiger partial charge in [-0.2, -0.15) is 0 Å². The van der Waals surface area contributed by atoms with Gasteiger partial charge in [0.25, 0.3) is 0 Å². The van der Waals surface area contributed by atoms with Gasteiger partial charge in [0.15, 0.2) is 0 Å². The summed E-state index contributed by atoms with van der Waals surface area (Å²) in [6.45, 7) is 0. The molecule has 1 fully saturated rings. The van der Waals surface area contributed by atoms with Gasteiger partial charge in [-0.25, -0.2) is 8.78 Å². The molecule has 0 amide bonds. The summed E-state index contributed by atoms with van der Waals surface area (Å²) in [6.07, 6.45) is 2.85. The normalized spacial score (nSPS) is 18.6. The van der Waals surface area contributed by atoms with Crippen LogP contribution < -0.4 is 0 Å². The molecule has 0 bridgehead atoms. The van der Waals surface area contributed by atoms with E-state index in [9.17, 15) is 18.7 Å². The van der Waals surface area contributed by atoms with Crippen molar-refractivity contribution in [3.8, 4) is 0 Å². The molecule has 1 N–H and O–H groups in total. The van der Waals surface area contributed by atoms with Gasteiger partial charge in [-0.05, 0) is 25.0 Å². The standard InChI is InChI=1S/C13H13BrF2O2/c14-8-6-9(15)11(10(16)7-8)13(12(17)18)4-2-1-3-5-13/h6-7H,1-5H2,(H,17,18). The summed E-state index contributed by atoms with van der Waals surface area (Å²) in [4.78, 5) is 11.5. The van der Waals surface area contributed by atoms with Crippen LogP contribution in [-0.4, -0.2) is 11.1 Å². The summed E-state index contributed by atoms with van der Waals surface area (Å²) in [5, 5.41) is 9.42. The third kappa shape index (κ3) is 2.16. The molecule has 0 saturated heterocycles. The molecule has 2 nitrogen and oxygen atoms in total. The molecule has 98 valence electrons. The molecular weight excluding hydrogens is 306 g/mol. The number of aliphatic carboxylic acids is 1. The van der Waals surface area contributed by atoms with E-state index >= 15 is 0 Å². The lowest BCUT2D eigenvalue weighted by atomic mass is 9.69. The average Bonchev–Trinajstić information content (AvgIpc) is 2.28. The molecule has 1 aromatic carbocycles. The molecule has 2 rings (SSSR count). The van der Waals surface area contributed by atoms with Crippen LogP contribution in [0.4, 0.5) is 8.78 Å². The largest absolute Gasteiger partial charge is 0.481 e. The molecule has 0 unspecified atom stereocenters. The molecule has 18 heavy (non-hydrogen) atoms. The SMILES string of the molecule is O=C(O)C1(c2c(F)cc(Br)cc2F)CCCCC1. The second-order valence-electron chi connectivity index (χ2n) is 4.69. The maximum Gasteiger partial charge on any atom is 0.314 e. The van der Waals surface area contributed by atoms with Crippen molar-refractivity contribution in [1.29, 1.82) is 0 Å². The highest BCUT2D eigenvalue weighted by molar-refractivity contribution is 9.10. The van der Waals surface area contributed by atoms with Crippen LogP contribution in [0, 0.1) is 11.6 Å². The second kappa shape index (κ2) is 4.96. The predicted molar refractivity (Wildman–Crippen MR) is 66.5 cm³/mol. The van der Waals surface area contributed by atoms with Gasteiger partial charge in [0.1, 0.15) is 11.6 Å². The minimum Gasteiger partial charge on any atom is -0.481 e. The van der Waals surface area contributed by atoms with E-state index in [2.05, 4.69) is 15.9 Å². The number of benzene rings is 1. The van der Waals surface area contributed by atoms with E-state index in [4.69, 9.17) is 0 Å². The molecule has 0 aliphatic heterocycles. The summed E-state index contributed by atoms with van der Waals surface area (Å²) < 4.78 is 28.2. The lowest BCUT2D eigenvalue weighted by molar-refractivity contribution is -0.145. The Labute approximate surface area is 112 Å². The summed E-state index contributed by atoms with van der Waals surface area (Å²) in [7, 11) is 0. The Hall–Kier alpha value is -0.970. The van der Waals surface area contributed by atoms with Gasteiger partial charge in [0, 0.05) is 10.0 Å². The smallest absolute Gasteiger partial charge is 0.314 e. The van der Waals surface area contributed by atoms with Crippen molar-refractivity contribution in [2.75, 3.05) is 0 Å². The third-order valence-electron chi connectivity index (χ3n) is 3.60. The number of carboxylic acid groups (broad SMARTS) is 1. The Bertz CT molecular complexity index is 459. The highest BCUT2D eigenvalue weighted by Crippen LogP contribution is 2.42. The van der Waals surface area contributed by atoms with Gasteiger partial charge in [0.05, 0.1) is 5.41 Å². The Morgan fingerprint density at radius 3 is 2.11 bits per heavy atom. The number of carboxylic acids is 1. The van der Waals surface area contributed by atoms with Crippen LogP contribution in [0.15, 0.2) is 16.6 Å². The fraction of sp³-hybridized carbons (Fsp3) is 0.462. The van der Waals surface area contributed by atoms with Crippen molar-refractivity contribution < 1.29 is 18.7 Å². The first-order valence-corrected chi connectivity index (χ1v) is 6.65. The van der Waals surface area contributed by atoms with Gasteiger partial charge in [-0.1, -0.05) is 35.2 Å². The highest BCUT2D eigenvalue weighted by atomic mass is 79.9. The zero-order valence-corrected chi connectivity index (χ0v) is 11.3. The van der Waals surface area contributed by atoms with Crippen molar-refractivity contribution in [2.45, 2.75) is 37.5 Å². The number of rotatable bonds is 2. The highest BCUT2D eigenvalue weighted by Gasteiger charge is 2.45. The number of hydrogen-bond acceptors (Lipinski definition) is 1. The lowest BCUT2D eigenvalue weighted by Gasteiger charge is -2.34. The number of halogens is 3. The minimum absolute atomic E-state index is 0.276. The molecule has 1 aliphatic rings. The topological polar surface area (TPSA) is 37.3 Å². The summed E-state index contributed by atoms with van der Waals surface area (Å²) in [5.74, 6) is -2.71. The van der Waals surface area contributed by atoms with Crippen LogP contribution in [-0.2, 0) is 10.2 Å². The summed E-state index contributed by atoms with van der Waals surface area (Å²) in [5.41, 5.74) is -1.70. The second-order valence-corrected chi connectivity index (χ2v) is 5.61. The van der Waals surface area contributed by atoms with E-state index in [1.165, 1.54) is 0 Å². The average molecular weight is 319 g/mol. The first-order chi connectivity index (χ1) is 8.47. The Balaban J connectivity index is 2.59. The van der Waals surface area contributed by atoms with Crippen LogP contribution in [0.25, 0.3) is 0 Å². The number of hydrogen-bond donors (Lipinski definition) is 1. The molecule has 1 aliphatic carbocycles. The summed E-state index contributed by atoms with van der Waals surface area (Å²) in [6, 6.07) is 2.25. The van der Waals surface area contributed by atoms with E-state index in [0.29, 0.717) is 12.8 Å². The van der Waals surface area contributed by atoms with Crippen LogP contribution >= 0.6 is 15.9 Å². The van der Waals surface area contributed by atoms with Gasteiger partial charge in [-0.3, -0.25) is 4.79 Å². The van der Waals surface area contributed by atoms with Gasteiger partial charge >= 0.3 is 5.97 Å². The van der Waals surface area contributed by atoms with Crippen molar-refractivity contribution in [3.05, 3.63) is 33.8 Å². The predicted octanol–water partition coefficient (Wildman–Crippen LogP) is 4.01. The van der Waals surface area contributed by atoms with E-state index in [-0.39, 0.29) is 22.9 Å². The molecule has 1 saturated carbocycles. The minimum atomic E-state index is -1.41. The zero-order chi connectivity index (χ0) is 13.3. The monoisotopic (exact) mass is 318 g/mol. The molecule has 0 atom stereocenters. The van der Waals surface area contributed by atoms with E-state index < -0.39 is 23.0 Å². The van der Waals surface area contributed by atoms with Crippen molar-refractivity contribution >= 4 is 21.9 Å². The quantitative estimate of drug-likeness (QED) is 0.894. The summed E-state index contributed by atoms with van der Waals surface area (Å²) >= 11 is 3.00. The Morgan fingerprint density at radius 1 is 1.17 bits per heavy atom. The van der Waals surface area contributed by atoms with Gasteiger partial charge < -0.3 is 5.11 Å². The van der Waals surface area contributed by atoms with Gasteiger partial charge in [-0.15, -0.1) is 0 Å². The Morgan fingerprint density at radius 2 is 1.67 bits per heavy atom. The molecule has 5 heteroatoms. The van der Waals surface area contributed by atoms with Crippen LogP contribution in [0.3, 0.4) is 0 Å². The van der Waals surface area contributed by atoms with Crippen molar-refractivity contribution in [2.24, 2.45) is 0 Å². The molecule has 0 aromatic heterocycles. The maximum atomic E-state index is 14.0. The number of carbonyl (C=O) groups is 1. The van der Waals surface area contributed by atoms with E-state index in [1.54, 1.807) is 0 Å². The molecular formula is C13H13BrF2O2. The third-order valence-corrected chi connectivity index (χ3v) is 4.06. The van der Waals surface area contributed by atoms with E-state index in [0.717, 1.165) is 18.6 Å².